The number of aliphatic hydroxyl groups is 1. The van der Waals surface area contributed by atoms with E-state index in [9.17, 15) is 5.11 Å². The maximum absolute atomic E-state index is 9.99. The third kappa shape index (κ3) is 9.76. The minimum absolute atomic E-state index is 0.330. The van der Waals surface area contributed by atoms with Gasteiger partial charge in [0, 0.05) is 19.6 Å². The second-order valence-electron chi connectivity index (χ2n) is 6.80. The van der Waals surface area contributed by atoms with Crippen molar-refractivity contribution in [3.8, 4) is 0 Å². The first-order valence-electron chi connectivity index (χ1n) is 9.49. The average molecular weight is 388 g/mol. The summed E-state index contributed by atoms with van der Waals surface area (Å²) >= 11 is 0. The number of hydrogen-bond acceptors (Lipinski definition) is 5. The monoisotopic (exact) mass is 387 g/mol. The van der Waals surface area contributed by atoms with Gasteiger partial charge in [-0.1, -0.05) is 60.7 Å². The lowest BCUT2D eigenvalue weighted by Crippen LogP contribution is -2.28. The zero-order valence-corrected chi connectivity index (χ0v) is 17.0. The van der Waals surface area contributed by atoms with Gasteiger partial charge < -0.3 is 24.3 Å². The Morgan fingerprint density at radius 3 is 2.04 bits per heavy atom. The van der Waals surface area contributed by atoms with Gasteiger partial charge in [0.25, 0.3) is 0 Å². The normalized spacial score (nSPS) is 17.0. The zero-order valence-electron chi connectivity index (χ0n) is 17.0. The van der Waals surface area contributed by atoms with Gasteiger partial charge in [-0.05, 0) is 31.1 Å². The second-order valence-corrected chi connectivity index (χ2v) is 6.80. The molecular formula is C23H33NO4. The van der Waals surface area contributed by atoms with E-state index in [-0.39, 0.29) is 6.10 Å². The molecule has 2 unspecified atom stereocenters. The van der Waals surface area contributed by atoms with Crippen molar-refractivity contribution in [3.63, 3.8) is 0 Å². The highest BCUT2D eigenvalue weighted by molar-refractivity contribution is 5.14. The minimum atomic E-state index is -0.330. The van der Waals surface area contributed by atoms with Crippen LogP contribution in [0.3, 0.4) is 0 Å². The van der Waals surface area contributed by atoms with Crippen LogP contribution in [0.5, 0.6) is 0 Å². The first kappa shape index (κ1) is 24.0. The third-order valence-electron chi connectivity index (χ3n) is 4.53. The Morgan fingerprint density at radius 2 is 1.57 bits per heavy atom. The molecule has 28 heavy (non-hydrogen) atoms. The fourth-order valence-electron chi connectivity index (χ4n) is 3.03. The molecule has 5 heteroatoms. The van der Waals surface area contributed by atoms with Gasteiger partial charge in [0.1, 0.15) is 6.79 Å². The highest BCUT2D eigenvalue weighted by Crippen LogP contribution is 2.18. The van der Waals surface area contributed by atoms with E-state index in [1.165, 1.54) is 5.56 Å². The number of ether oxygens (including phenoxy) is 2. The molecule has 0 radical (unpaired) electrons. The van der Waals surface area contributed by atoms with Crippen LogP contribution in [-0.2, 0) is 27.5 Å². The van der Waals surface area contributed by atoms with E-state index in [4.69, 9.17) is 14.3 Å². The number of likely N-dealkylation sites (tertiary alicyclic amines) is 1. The van der Waals surface area contributed by atoms with E-state index in [1.54, 1.807) is 7.11 Å². The first-order chi connectivity index (χ1) is 13.7. The van der Waals surface area contributed by atoms with Crippen LogP contribution < -0.4 is 0 Å². The lowest BCUT2D eigenvalue weighted by Gasteiger charge is -2.18. The van der Waals surface area contributed by atoms with Crippen molar-refractivity contribution < 1.29 is 19.4 Å². The smallest absolute Gasteiger partial charge is 0.106 e. The molecule has 0 amide bonds. The first-order valence-corrected chi connectivity index (χ1v) is 9.49. The van der Waals surface area contributed by atoms with E-state index in [2.05, 4.69) is 11.9 Å². The number of benzene rings is 2. The maximum atomic E-state index is 9.99. The molecule has 0 aromatic heterocycles. The van der Waals surface area contributed by atoms with Crippen LogP contribution >= 0.6 is 0 Å². The molecule has 0 spiro atoms. The molecule has 1 saturated heterocycles. The average Bonchev–Trinajstić information content (AvgIpc) is 3.18. The summed E-state index contributed by atoms with van der Waals surface area (Å²) in [6.45, 7) is 5.80. The molecule has 2 aromatic carbocycles. The Kier molecular flexibility index (Phi) is 12.8. The number of carbonyl (C=O) groups is 1. The van der Waals surface area contributed by atoms with Gasteiger partial charge in [0.05, 0.1) is 25.9 Å². The van der Waals surface area contributed by atoms with E-state index in [0.29, 0.717) is 25.7 Å². The van der Waals surface area contributed by atoms with Crippen molar-refractivity contribution in [1.29, 1.82) is 0 Å². The minimum Gasteiger partial charge on any atom is -0.390 e. The van der Waals surface area contributed by atoms with E-state index in [1.807, 2.05) is 67.5 Å². The van der Waals surface area contributed by atoms with Gasteiger partial charge in [-0.15, -0.1) is 0 Å². The maximum Gasteiger partial charge on any atom is 0.106 e. The number of methoxy groups -OCH3 is 1. The quantitative estimate of drug-likeness (QED) is 0.791. The molecule has 1 heterocycles. The van der Waals surface area contributed by atoms with Crippen LogP contribution in [0.15, 0.2) is 60.7 Å². The topological polar surface area (TPSA) is 59.0 Å². The van der Waals surface area contributed by atoms with Crippen molar-refractivity contribution >= 4 is 6.79 Å². The molecule has 2 aromatic rings. The van der Waals surface area contributed by atoms with Gasteiger partial charge >= 0.3 is 0 Å². The summed E-state index contributed by atoms with van der Waals surface area (Å²) < 4.78 is 10.5. The zero-order chi connectivity index (χ0) is 20.6. The summed E-state index contributed by atoms with van der Waals surface area (Å²) in [7, 11) is 3.80. The Morgan fingerprint density at radius 1 is 1.04 bits per heavy atom. The largest absolute Gasteiger partial charge is 0.390 e. The lowest BCUT2D eigenvalue weighted by molar-refractivity contribution is -0.0979. The molecule has 0 aliphatic carbocycles. The fourth-order valence-corrected chi connectivity index (χ4v) is 3.03. The van der Waals surface area contributed by atoms with Crippen molar-refractivity contribution in [2.45, 2.75) is 25.7 Å². The highest BCUT2D eigenvalue weighted by atomic mass is 16.5. The summed E-state index contributed by atoms with van der Waals surface area (Å²) in [4.78, 5) is 10.3. The number of carbonyl (C=O) groups excluding carboxylic acids is 1. The van der Waals surface area contributed by atoms with E-state index < -0.39 is 0 Å². The fraction of sp³-hybridized carbons (Fsp3) is 0.435. The number of aliphatic hydroxyl groups excluding tert-OH is 1. The van der Waals surface area contributed by atoms with Gasteiger partial charge in [-0.3, -0.25) is 0 Å². The predicted molar refractivity (Wildman–Crippen MR) is 112 cm³/mol. The molecule has 0 bridgehead atoms. The van der Waals surface area contributed by atoms with Gasteiger partial charge in [-0.25, -0.2) is 0 Å². The SMILES string of the molecule is C=O.CN1CCC(C(O)COCc2ccccc2)C1.COCc1ccccc1. The van der Waals surface area contributed by atoms with Crippen LogP contribution in [0, 0.1) is 5.92 Å². The van der Waals surface area contributed by atoms with Crippen LogP contribution in [0.4, 0.5) is 0 Å². The van der Waals surface area contributed by atoms with E-state index >= 15 is 0 Å². The van der Waals surface area contributed by atoms with Crippen molar-refractivity contribution in [3.05, 3.63) is 71.8 Å². The van der Waals surface area contributed by atoms with Crippen molar-refractivity contribution in [2.24, 2.45) is 5.92 Å². The van der Waals surface area contributed by atoms with Crippen LogP contribution in [-0.4, -0.2) is 56.8 Å². The Bertz CT molecular complexity index is 609. The summed E-state index contributed by atoms with van der Waals surface area (Å²) in [6, 6.07) is 20.2. The molecule has 154 valence electrons. The van der Waals surface area contributed by atoms with Crippen LogP contribution in [0.2, 0.25) is 0 Å². The van der Waals surface area contributed by atoms with Crippen molar-refractivity contribution in [1.82, 2.24) is 4.90 Å². The second kappa shape index (κ2) is 14.9. The molecule has 5 nitrogen and oxygen atoms in total. The number of rotatable bonds is 7. The van der Waals surface area contributed by atoms with E-state index in [0.717, 1.165) is 25.1 Å². The molecule has 2 atom stereocenters. The molecular weight excluding hydrogens is 354 g/mol. The third-order valence-corrected chi connectivity index (χ3v) is 4.53. The van der Waals surface area contributed by atoms with Gasteiger partial charge in [-0.2, -0.15) is 0 Å². The molecule has 1 aliphatic rings. The Balaban J connectivity index is 0.000000301. The summed E-state index contributed by atoms with van der Waals surface area (Å²) in [6.07, 6.45) is 0.746. The summed E-state index contributed by atoms with van der Waals surface area (Å²) in [5.74, 6) is 0.371. The standard InChI is InChI=1S/C14H21NO2.C8H10O.CH2O/c1-15-8-7-13(9-15)14(16)11-17-10-12-5-3-2-4-6-12;1-9-7-8-5-3-2-4-6-8;1-2/h2-6,13-14,16H,7-11H2,1H3;2-6H,7H2,1H3;1H2. The highest BCUT2D eigenvalue weighted by Gasteiger charge is 2.26. The number of nitrogens with zero attached hydrogens (tertiary/aromatic N) is 1. The molecule has 3 rings (SSSR count). The van der Waals surface area contributed by atoms with Gasteiger partial charge in [0.2, 0.25) is 0 Å². The predicted octanol–water partition coefficient (Wildman–Crippen LogP) is 3.16. The summed E-state index contributed by atoms with van der Waals surface area (Å²) in [5.41, 5.74) is 2.38. The molecule has 0 saturated carbocycles. The lowest BCUT2D eigenvalue weighted by atomic mass is 10.0. The number of hydrogen-bond donors (Lipinski definition) is 1. The molecule has 1 aliphatic heterocycles. The Labute approximate surface area is 168 Å². The van der Waals surface area contributed by atoms with Crippen molar-refractivity contribution in [2.75, 3.05) is 33.9 Å². The van der Waals surface area contributed by atoms with Crippen LogP contribution in [0.1, 0.15) is 17.5 Å². The Hall–Kier alpha value is -2.05. The van der Waals surface area contributed by atoms with Crippen LogP contribution in [0.25, 0.3) is 0 Å². The summed E-state index contributed by atoms with van der Waals surface area (Å²) in [5, 5.41) is 9.99. The molecule has 1 N–H and O–H groups in total. The molecule has 1 fully saturated rings. The van der Waals surface area contributed by atoms with Gasteiger partial charge in [0.15, 0.2) is 0 Å².